The van der Waals surface area contributed by atoms with Crippen LogP contribution in [0.3, 0.4) is 0 Å². The Morgan fingerprint density at radius 1 is 1.19 bits per heavy atom. The zero-order valence-electron chi connectivity index (χ0n) is 10.6. The summed E-state index contributed by atoms with van der Waals surface area (Å²) in [6.45, 7) is 0.0115. The fraction of sp³-hybridized carbons (Fsp3) is 0.143. The number of anilines is 1. The molecule has 0 saturated carbocycles. The van der Waals surface area contributed by atoms with Gasteiger partial charge in [-0.3, -0.25) is 0 Å². The molecule has 2 rings (SSSR count). The van der Waals surface area contributed by atoms with Crippen molar-refractivity contribution in [1.82, 2.24) is 4.98 Å². The van der Waals surface area contributed by atoms with Crippen LogP contribution in [0, 0.1) is 17.1 Å². The highest BCUT2D eigenvalue weighted by Crippen LogP contribution is 2.30. The molecule has 0 unspecified atom stereocenters. The van der Waals surface area contributed by atoms with E-state index in [0.717, 1.165) is 12.1 Å². The second-order valence-corrected chi connectivity index (χ2v) is 4.20. The number of nitriles is 1. The fourth-order valence-electron chi connectivity index (χ4n) is 1.63. The van der Waals surface area contributed by atoms with Gasteiger partial charge in [0.15, 0.2) is 0 Å². The monoisotopic (exact) mass is 295 g/mol. The lowest BCUT2D eigenvalue weighted by Crippen LogP contribution is -2.08. The minimum atomic E-state index is -4.57. The number of hydrogen-bond acceptors (Lipinski definition) is 3. The van der Waals surface area contributed by atoms with Crippen LogP contribution < -0.4 is 5.32 Å². The molecule has 0 amide bonds. The summed E-state index contributed by atoms with van der Waals surface area (Å²) in [6, 6.07) is 7.29. The number of benzene rings is 1. The van der Waals surface area contributed by atoms with E-state index in [1.165, 1.54) is 12.3 Å². The Morgan fingerprint density at radius 3 is 2.48 bits per heavy atom. The maximum atomic E-state index is 13.6. The standard InChI is InChI=1S/C14H9F4N3/c15-13-5-10(14(16,17)18)2-1-9(13)7-20-12-4-3-11(6-19)21-8-12/h1-5,8,20H,7H2. The van der Waals surface area contributed by atoms with Crippen LogP contribution in [0.15, 0.2) is 36.5 Å². The molecule has 0 spiro atoms. The Bertz CT molecular complexity index is 672. The average molecular weight is 295 g/mol. The van der Waals surface area contributed by atoms with Gasteiger partial charge in [0.1, 0.15) is 17.6 Å². The summed E-state index contributed by atoms with van der Waals surface area (Å²) in [5, 5.41) is 11.4. The Labute approximate surface area is 117 Å². The van der Waals surface area contributed by atoms with Crippen LogP contribution in [0.25, 0.3) is 0 Å². The molecule has 1 aromatic heterocycles. The zero-order chi connectivity index (χ0) is 15.5. The van der Waals surface area contributed by atoms with E-state index in [0.29, 0.717) is 11.8 Å². The van der Waals surface area contributed by atoms with Crippen molar-refractivity contribution in [1.29, 1.82) is 5.26 Å². The minimum Gasteiger partial charge on any atom is -0.380 e. The van der Waals surface area contributed by atoms with E-state index in [9.17, 15) is 17.6 Å². The number of halogens is 4. The molecule has 1 aromatic carbocycles. The molecule has 0 radical (unpaired) electrons. The summed E-state index contributed by atoms with van der Waals surface area (Å²) in [6.07, 6.45) is -3.18. The molecular weight excluding hydrogens is 286 g/mol. The number of alkyl halides is 3. The molecule has 0 bridgehead atoms. The number of hydrogen-bond donors (Lipinski definition) is 1. The van der Waals surface area contributed by atoms with Gasteiger partial charge < -0.3 is 5.32 Å². The maximum Gasteiger partial charge on any atom is 0.416 e. The van der Waals surface area contributed by atoms with Gasteiger partial charge in [-0.2, -0.15) is 18.4 Å². The van der Waals surface area contributed by atoms with E-state index >= 15 is 0 Å². The van der Waals surface area contributed by atoms with Gasteiger partial charge >= 0.3 is 6.18 Å². The van der Waals surface area contributed by atoms with Crippen molar-refractivity contribution in [3.05, 3.63) is 59.2 Å². The summed E-state index contributed by atoms with van der Waals surface area (Å²) in [5.74, 6) is -0.932. The topological polar surface area (TPSA) is 48.7 Å². The van der Waals surface area contributed by atoms with E-state index in [1.54, 1.807) is 6.07 Å². The lowest BCUT2D eigenvalue weighted by molar-refractivity contribution is -0.137. The van der Waals surface area contributed by atoms with E-state index in [2.05, 4.69) is 10.3 Å². The van der Waals surface area contributed by atoms with Gasteiger partial charge in [-0.05, 0) is 24.3 Å². The summed E-state index contributed by atoms with van der Waals surface area (Å²) < 4.78 is 50.8. The van der Waals surface area contributed by atoms with Gasteiger partial charge in [-0.25, -0.2) is 9.37 Å². The predicted molar refractivity (Wildman–Crippen MR) is 67.7 cm³/mol. The highest BCUT2D eigenvalue weighted by Gasteiger charge is 2.31. The molecule has 0 fully saturated rings. The van der Waals surface area contributed by atoms with Crippen molar-refractivity contribution in [2.45, 2.75) is 12.7 Å². The lowest BCUT2D eigenvalue weighted by atomic mass is 10.1. The van der Waals surface area contributed by atoms with Gasteiger partial charge in [-0.1, -0.05) is 6.07 Å². The molecule has 0 aliphatic heterocycles. The van der Waals surface area contributed by atoms with E-state index < -0.39 is 17.6 Å². The van der Waals surface area contributed by atoms with Crippen LogP contribution >= 0.6 is 0 Å². The average Bonchev–Trinajstić information content (AvgIpc) is 2.45. The quantitative estimate of drug-likeness (QED) is 0.878. The van der Waals surface area contributed by atoms with Crippen molar-refractivity contribution < 1.29 is 17.6 Å². The largest absolute Gasteiger partial charge is 0.416 e. The van der Waals surface area contributed by atoms with E-state index in [1.807, 2.05) is 6.07 Å². The molecule has 2 aromatic rings. The minimum absolute atomic E-state index is 0.0115. The number of pyridine rings is 1. The third-order valence-corrected chi connectivity index (χ3v) is 2.74. The van der Waals surface area contributed by atoms with Crippen LogP contribution in [-0.4, -0.2) is 4.98 Å². The van der Waals surface area contributed by atoms with Crippen molar-refractivity contribution in [3.8, 4) is 6.07 Å². The Balaban J connectivity index is 2.08. The number of rotatable bonds is 3. The zero-order valence-corrected chi connectivity index (χ0v) is 10.6. The van der Waals surface area contributed by atoms with Crippen LogP contribution in [0.4, 0.5) is 23.2 Å². The Morgan fingerprint density at radius 2 is 1.95 bits per heavy atom. The summed E-state index contributed by atoms with van der Waals surface area (Å²) in [5.41, 5.74) is -0.147. The van der Waals surface area contributed by atoms with Crippen molar-refractivity contribution in [2.24, 2.45) is 0 Å². The molecule has 108 valence electrons. The number of aromatic nitrogens is 1. The first-order valence-electron chi connectivity index (χ1n) is 5.86. The third kappa shape index (κ3) is 3.69. The first kappa shape index (κ1) is 14.8. The van der Waals surface area contributed by atoms with Crippen LogP contribution in [-0.2, 0) is 12.7 Å². The Hall–Kier alpha value is -2.62. The van der Waals surface area contributed by atoms with Crippen molar-refractivity contribution in [3.63, 3.8) is 0 Å². The molecule has 3 nitrogen and oxygen atoms in total. The smallest absolute Gasteiger partial charge is 0.380 e. The molecule has 1 heterocycles. The molecule has 0 aliphatic carbocycles. The maximum absolute atomic E-state index is 13.6. The number of nitrogens with one attached hydrogen (secondary N) is 1. The summed E-state index contributed by atoms with van der Waals surface area (Å²) >= 11 is 0. The lowest BCUT2D eigenvalue weighted by Gasteiger charge is -2.10. The van der Waals surface area contributed by atoms with Gasteiger partial charge in [0.25, 0.3) is 0 Å². The molecule has 1 N–H and O–H groups in total. The highest BCUT2D eigenvalue weighted by molar-refractivity contribution is 5.43. The van der Waals surface area contributed by atoms with Gasteiger partial charge in [0, 0.05) is 12.1 Å². The first-order valence-corrected chi connectivity index (χ1v) is 5.86. The van der Waals surface area contributed by atoms with Crippen LogP contribution in [0.1, 0.15) is 16.8 Å². The first-order chi connectivity index (χ1) is 9.90. The van der Waals surface area contributed by atoms with Gasteiger partial charge in [0.05, 0.1) is 17.4 Å². The van der Waals surface area contributed by atoms with E-state index in [-0.39, 0.29) is 17.8 Å². The van der Waals surface area contributed by atoms with Gasteiger partial charge in [0.2, 0.25) is 0 Å². The molecule has 7 heteroatoms. The van der Waals surface area contributed by atoms with Crippen molar-refractivity contribution >= 4 is 5.69 Å². The molecule has 0 aliphatic rings. The molecule has 0 atom stereocenters. The molecule has 0 saturated heterocycles. The normalized spacial score (nSPS) is 11.0. The summed E-state index contributed by atoms with van der Waals surface area (Å²) in [7, 11) is 0. The molecule has 21 heavy (non-hydrogen) atoms. The van der Waals surface area contributed by atoms with Crippen molar-refractivity contribution in [2.75, 3.05) is 5.32 Å². The van der Waals surface area contributed by atoms with Crippen LogP contribution in [0.5, 0.6) is 0 Å². The summed E-state index contributed by atoms with van der Waals surface area (Å²) in [4.78, 5) is 3.81. The fourth-order valence-corrected chi connectivity index (χ4v) is 1.63. The SMILES string of the molecule is N#Cc1ccc(NCc2ccc(C(F)(F)F)cc2F)cn1. The van der Waals surface area contributed by atoms with E-state index in [4.69, 9.17) is 5.26 Å². The second-order valence-electron chi connectivity index (χ2n) is 4.20. The second kappa shape index (κ2) is 5.79. The third-order valence-electron chi connectivity index (χ3n) is 2.74. The van der Waals surface area contributed by atoms with Crippen LogP contribution in [0.2, 0.25) is 0 Å². The molecular formula is C14H9F4N3. The Kier molecular flexibility index (Phi) is 4.08. The van der Waals surface area contributed by atoms with Gasteiger partial charge in [-0.15, -0.1) is 0 Å². The highest BCUT2D eigenvalue weighted by atomic mass is 19.4. The number of nitrogens with zero attached hydrogens (tertiary/aromatic N) is 2. The predicted octanol–water partition coefficient (Wildman–Crippen LogP) is 3.72.